The Morgan fingerprint density at radius 3 is 1.89 bits per heavy atom. The van der Waals surface area contributed by atoms with Gasteiger partial charge < -0.3 is 14.6 Å². The van der Waals surface area contributed by atoms with Crippen LogP contribution in [0.4, 0.5) is 0 Å². The number of fused-ring (bicyclic) bond motifs is 1. The van der Waals surface area contributed by atoms with Gasteiger partial charge in [-0.05, 0) is 54.1 Å². The molecular formula is C23H19O4+. The lowest BCUT2D eigenvalue weighted by Crippen LogP contribution is -1.87. The Balaban J connectivity index is 1.92. The van der Waals surface area contributed by atoms with Crippen molar-refractivity contribution in [3.05, 3.63) is 72.8 Å². The van der Waals surface area contributed by atoms with Crippen molar-refractivity contribution in [3.63, 3.8) is 0 Å². The maximum Gasteiger partial charge on any atom is 0.365 e. The number of phenolic OH excluding ortho intramolecular Hbond substituents is 1. The van der Waals surface area contributed by atoms with Gasteiger partial charge in [-0.1, -0.05) is 12.1 Å². The highest BCUT2D eigenvalue weighted by atomic mass is 16.5. The fraction of sp³-hybridized carbons (Fsp3) is 0.0870. The Bertz CT molecular complexity index is 1080. The highest BCUT2D eigenvalue weighted by Gasteiger charge is 2.20. The maximum atomic E-state index is 9.90. The zero-order valence-corrected chi connectivity index (χ0v) is 15.1. The van der Waals surface area contributed by atoms with E-state index in [0.717, 1.165) is 33.6 Å². The van der Waals surface area contributed by atoms with Crippen molar-refractivity contribution >= 4 is 11.0 Å². The molecule has 134 valence electrons. The van der Waals surface area contributed by atoms with Gasteiger partial charge in [0.1, 0.15) is 17.2 Å². The van der Waals surface area contributed by atoms with E-state index < -0.39 is 0 Å². The summed E-state index contributed by atoms with van der Waals surface area (Å²) in [6, 6.07) is 22.7. The molecule has 0 amide bonds. The third kappa shape index (κ3) is 3.29. The van der Waals surface area contributed by atoms with Gasteiger partial charge >= 0.3 is 11.3 Å². The average Bonchev–Trinajstić information content (AvgIpc) is 2.73. The third-order valence-corrected chi connectivity index (χ3v) is 4.53. The summed E-state index contributed by atoms with van der Waals surface area (Å²) in [6.07, 6.45) is 0. The highest BCUT2D eigenvalue weighted by Crippen LogP contribution is 2.36. The van der Waals surface area contributed by atoms with E-state index in [0.29, 0.717) is 11.3 Å². The van der Waals surface area contributed by atoms with E-state index in [4.69, 9.17) is 13.9 Å². The van der Waals surface area contributed by atoms with Crippen LogP contribution in [0.1, 0.15) is 0 Å². The Hall–Kier alpha value is -3.53. The fourth-order valence-electron chi connectivity index (χ4n) is 3.08. The minimum absolute atomic E-state index is 0.166. The topological polar surface area (TPSA) is 50.0 Å². The molecule has 0 aliphatic heterocycles. The molecule has 0 spiro atoms. The molecule has 0 radical (unpaired) electrons. The van der Waals surface area contributed by atoms with E-state index in [-0.39, 0.29) is 5.75 Å². The Morgan fingerprint density at radius 2 is 1.30 bits per heavy atom. The zero-order chi connectivity index (χ0) is 18.8. The second kappa shape index (κ2) is 7.00. The molecule has 1 N–H and O–H groups in total. The maximum absolute atomic E-state index is 9.90. The molecule has 0 unspecified atom stereocenters. The summed E-state index contributed by atoms with van der Waals surface area (Å²) >= 11 is 0. The molecule has 0 atom stereocenters. The van der Waals surface area contributed by atoms with Gasteiger partial charge in [0.05, 0.1) is 37.3 Å². The molecule has 0 aliphatic carbocycles. The van der Waals surface area contributed by atoms with E-state index >= 15 is 0 Å². The molecule has 27 heavy (non-hydrogen) atoms. The molecular weight excluding hydrogens is 340 g/mol. The summed E-state index contributed by atoms with van der Waals surface area (Å²) in [5.74, 6) is 2.46. The molecule has 0 saturated carbocycles. The second-order valence-corrected chi connectivity index (χ2v) is 6.16. The average molecular weight is 359 g/mol. The van der Waals surface area contributed by atoms with Crippen LogP contribution in [0.25, 0.3) is 33.4 Å². The van der Waals surface area contributed by atoms with Crippen LogP contribution in [-0.2, 0) is 0 Å². The zero-order valence-electron chi connectivity index (χ0n) is 15.1. The lowest BCUT2D eigenvalue weighted by Gasteiger charge is -2.06. The molecule has 4 aromatic rings. The number of rotatable bonds is 4. The second-order valence-electron chi connectivity index (χ2n) is 6.16. The van der Waals surface area contributed by atoms with Gasteiger partial charge in [-0.3, -0.25) is 0 Å². The first kappa shape index (κ1) is 16.9. The van der Waals surface area contributed by atoms with Crippen LogP contribution in [0.3, 0.4) is 0 Å². The standard InChI is InChI=1S/C23H18O4/c1-25-18-8-3-15(4-9-18)21-14-22(16-5-10-19(26-2)11-6-16)27-23-13-17(24)7-12-20(21)23/h3-14H,1-2H3/p+1. The van der Waals surface area contributed by atoms with Crippen LogP contribution >= 0.6 is 0 Å². The highest BCUT2D eigenvalue weighted by molar-refractivity contribution is 5.95. The summed E-state index contributed by atoms with van der Waals surface area (Å²) < 4.78 is 16.6. The number of ether oxygens (including phenoxy) is 2. The van der Waals surface area contributed by atoms with Crippen LogP contribution in [0.5, 0.6) is 17.2 Å². The van der Waals surface area contributed by atoms with Gasteiger partial charge in [-0.25, -0.2) is 4.42 Å². The molecule has 3 aromatic carbocycles. The van der Waals surface area contributed by atoms with Crippen molar-refractivity contribution in [2.24, 2.45) is 0 Å². The van der Waals surface area contributed by atoms with Gasteiger partial charge in [-0.2, -0.15) is 0 Å². The molecule has 4 heteroatoms. The molecule has 4 rings (SSSR count). The number of benzene rings is 3. The number of phenols is 1. The molecule has 0 saturated heterocycles. The van der Waals surface area contributed by atoms with Gasteiger partial charge in [0, 0.05) is 5.56 Å². The van der Waals surface area contributed by atoms with E-state index in [9.17, 15) is 5.11 Å². The monoisotopic (exact) mass is 359 g/mol. The third-order valence-electron chi connectivity index (χ3n) is 4.53. The number of methoxy groups -OCH3 is 2. The lowest BCUT2D eigenvalue weighted by atomic mass is 9.99. The van der Waals surface area contributed by atoms with Crippen molar-refractivity contribution in [2.45, 2.75) is 0 Å². The van der Waals surface area contributed by atoms with E-state index in [1.54, 1.807) is 26.4 Å². The first-order chi connectivity index (χ1) is 13.2. The van der Waals surface area contributed by atoms with Crippen LogP contribution in [-0.4, -0.2) is 19.3 Å². The van der Waals surface area contributed by atoms with Crippen LogP contribution < -0.4 is 9.47 Å². The van der Waals surface area contributed by atoms with Crippen molar-refractivity contribution in [1.29, 1.82) is 0 Å². The van der Waals surface area contributed by atoms with Crippen molar-refractivity contribution in [2.75, 3.05) is 14.2 Å². The van der Waals surface area contributed by atoms with Gasteiger partial charge in [-0.15, -0.1) is 0 Å². The lowest BCUT2D eigenvalue weighted by molar-refractivity contribution is 0.414. The first-order valence-electron chi connectivity index (χ1n) is 8.56. The first-order valence-corrected chi connectivity index (χ1v) is 8.56. The van der Waals surface area contributed by atoms with Crippen LogP contribution in [0, 0.1) is 0 Å². The molecule has 1 heterocycles. The van der Waals surface area contributed by atoms with E-state index in [1.165, 1.54) is 0 Å². The molecule has 0 fully saturated rings. The summed E-state index contributed by atoms with van der Waals surface area (Å²) in [5.41, 5.74) is 3.60. The Kier molecular flexibility index (Phi) is 4.38. The van der Waals surface area contributed by atoms with E-state index in [2.05, 4.69) is 0 Å². The largest absolute Gasteiger partial charge is 0.508 e. The minimum atomic E-state index is 0.166. The van der Waals surface area contributed by atoms with Gasteiger partial charge in [0.25, 0.3) is 0 Å². The number of aromatic hydroxyl groups is 1. The predicted octanol–water partition coefficient (Wildman–Crippen LogP) is 5.77. The summed E-state index contributed by atoms with van der Waals surface area (Å²) in [4.78, 5) is 0. The number of hydrogen-bond acceptors (Lipinski definition) is 3. The fourth-order valence-corrected chi connectivity index (χ4v) is 3.08. The number of hydrogen-bond donors (Lipinski definition) is 1. The molecule has 0 aliphatic rings. The quantitative estimate of drug-likeness (QED) is 0.470. The normalized spacial score (nSPS) is 10.7. The molecule has 1 aromatic heterocycles. The van der Waals surface area contributed by atoms with Crippen molar-refractivity contribution in [3.8, 4) is 39.7 Å². The van der Waals surface area contributed by atoms with Gasteiger partial charge in [0.2, 0.25) is 0 Å². The Labute approximate surface area is 157 Å². The SMILES string of the molecule is COc1ccc(-c2cc(-c3ccc(OC)cc3)c3ccc(O)cc3[o+]2)cc1. The Morgan fingerprint density at radius 1 is 0.704 bits per heavy atom. The van der Waals surface area contributed by atoms with Crippen LogP contribution in [0.2, 0.25) is 0 Å². The van der Waals surface area contributed by atoms with Gasteiger partial charge in [0.15, 0.2) is 0 Å². The van der Waals surface area contributed by atoms with Crippen molar-refractivity contribution < 1.29 is 19.0 Å². The summed E-state index contributed by atoms with van der Waals surface area (Å²) in [5, 5.41) is 10.8. The van der Waals surface area contributed by atoms with Crippen LogP contribution in [0.15, 0.2) is 77.2 Å². The summed E-state index contributed by atoms with van der Waals surface area (Å²) in [7, 11) is 3.29. The predicted molar refractivity (Wildman–Crippen MR) is 106 cm³/mol. The molecule has 0 bridgehead atoms. The minimum Gasteiger partial charge on any atom is -0.508 e. The van der Waals surface area contributed by atoms with Crippen molar-refractivity contribution in [1.82, 2.24) is 0 Å². The van der Waals surface area contributed by atoms with E-state index in [1.807, 2.05) is 60.7 Å². The molecule has 4 nitrogen and oxygen atoms in total. The smallest absolute Gasteiger partial charge is 0.365 e. The summed E-state index contributed by atoms with van der Waals surface area (Å²) in [6.45, 7) is 0.